The molecule has 0 saturated heterocycles. The zero-order valence-electron chi connectivity index (χ0n) is 12.1. The summed E-state index contributed by atoms with van der Waals surface area (Å²) in [7, 11) is 1.85. The number of carbonyl (C=O) groups excluding carboxylic acids is 1. The van der Waals surface area contributed by atoms with Crippen LogP contribution in [0.25, 0.3) is 0 Å². The Morgan fingerprint density at radius 3 is 2.62 bits per heavy atom. The molecule has 0 spiro atoms. The van der Waals surface area contributed by atoms with E-state index in [0.717, 1.165) is 17.7 Å². The van der Waals surface area contributed by atoms with Crippen LogP contribution in [0.4, 0.5) is 0 Å². The van der Waals surface area contributed by atoms with E-state index in [2.05, 4.69) is 10.4 Å². The van der Waals surface area contributed by atoms with Crippen molar-refractivity contribution in [1.82, 2.24) is 15.1 Å². The minimum Gasteiger partial charge on any atom is -0.481 e. The Morgan fingerprint density at radius 2 is 2.05 bits per heavy atom. The van der Waals surface area contributed by atoms with Crippen LogP contribution in [-0.2, 0) is 23.2 Å². The van der Waals surface area contributed by atoms with Gasteiger partial charge < -0.3 is 10.4 Å². The molecule has 6 heteroatoms. The molecule has 4 atom stereocenters. The molecule has 2 aliphatic carbocycles. The van der Waals surface area contributed by atoms with Crippen LogP contribution in [0.3, 0.4) is 0 Å². The van der Waals surface area contributed by atoms with Gasteiger partial charge in [-0.3, -0.25) is 14.3 Å². The van der Waals surface area contributed by atoms with E-state index in [1.54, 1.807) is 10.9 Å². The maximum absolute atomic E-state index is 12.4. The van der Waals surface area contributed by atoms with Gasteiger partial charge in [-0.2, -0.15) is 5.10 Å². The van der Waals surface area contributed by atoms with Gasteiger partial charge in [-0.1, -0.05) is 12.2 Å². The van der Waals surface area contributed by atoms with Crippen molar-refractivity contribution in [3.8, 4) is 0 Å². The van der Waals surface area contributed by atoms with Crippen molar-refractivity contribution in [3.05, 3.63) is 29.6 Å². The fraction of sp³-hybridized carbons (Fsp3) is 0.533. The molecule has 3 rings (SSSR count). The average Bonchev–Trinajstić information content (AvgIpc) is 3.13. The molecular formula is C15H19N3O3. The Hall–Kier alpha value is -2.11. The quantitative estimate of drug-likeness (QED) is 0.805. The fourth-order valence-electron chi connectivity index (χ4n) is 3.53. The second-order valence-electron chi connectivity index (χ2n) is 5.93. The summed E-state index contributed by atoms with van der Waals surface area (Å²) < 4.78 is 1.75. The van der Waals surface area contributed by atoms with Crippen molar-refractivity contribution in [2.24, 2.45) is 30.7 Å². The maximum atomic E-state index is 12.4. The Morgan fingerprint density at radius 1 is 1.38 bits per heavy atom. The SMILES string of the molecule is Cc1c(CNC(=O)C2C3C=CC(C3)C2C(=O)O)cnn1C. The molecule has 0 aliphatic heterocycles. The average molecular weight is 289 g/mol. The monoisotopic (exact) mass is 289 g/mol. The standard InChI is InChI=1S/C15H19N3O3/c1-8-11(7-17-18(8)2)6-16-14(19)12-9-3-4-10(5-9)13(12)15(20)21/h3-4,7,9-10,12-13H,5-6H2,1-2H3,(H,16,19)(H,20,21). The molecule has 0 radical (unpaired) electrons. The molecule has 1 saturated carbocycles. The molecule has 1 aromatic heterocycles. The number of carboxylic acid groups (broad SMARTS) is 1. The van der Waals surface area contributed by atoms with Gasteiger partial charge in [0, 0.05) is 24.8 Å². The number of aliphatic carboxylic acids is 1. The van der Waals surface area contributed by atoms with Crippen molar-refractivity contribution in [2.75, 3.05) is 0 Å². The number of rotatable bonds is 4. The van der Waals surface area contributed by atoms with E-state index in [0.29, 0.717) is 6.54 Å². The third kappa shape index (κ3) is 2.24. The largest absolute Gasteiger partial charge is 0.481 e. The molecule has 6 nitrogen and oxygen atoms in total. The summed E-state index contributed by atoms with van der Waals surface area (Å²) in [6.45, 7) is 2.33. The van der Waals surface area contributed by atoms with Crippen molar-refractivity contribution < 1.29 is 14.7 Å². The Kier molecular flexibility index (Phi) is 3.31. The fourth-order valence-corrected chi connectivity index (χ4v) is 3.53. The lowest BCUT2D eigenvalue weighted by Gasteiger charge is -2.23. The van der Waals surface area contributed by atoms with Crippen LogP contribution in [0, 0.1) is 30.6 Å². The molecule has 0 aromatic carbocycles. The summed E-state index contributed by atoms with van der Waals surface area (Å²) in [4.78, 5) is 23.8. The number of carboxylic acids is 1. The predicted octanol–water partition coefficient (Wildman–Crippen LogP) is 0.868. The minimum atomic E-state index is -0.871. The van der Waals surface area contributed by atoms with E-state index < -0.39 is 17.8 Å². The molecule has 2 aliphatic rings. The number of hydrogen-bond donors (Lipinski definition) is 2. The summed E-state index contributed by atoms with van der Waals surface area (Å²) in [5.74, 6) is -2.01. The maximum Gasteiger partial charge on any atom is 0.307 e. The molecular weight excluding hydrogens is 270 g/mol. The van der Waals surface area contributed by atoms with Crippen LogP contribution >= 0.6 is 0 Å². The minimum absolute atomic E-state index is 0.00313. The molecule has 2 N–H and O–H groups in total. The summed E-state index contributed by atoms with van der Waals surface area (Å²) in [6, 6.07) is 0. The second-order valence-corrected chi connectivity index (χ2v) is 5.93. The molecule has 2 bridgehead atoms. The van der Waals surface area contributed by atoms with Crippen molar-refractivity contribution in [2.45, 2.75) is 19.9 Å². The highest BCUT2D eigenvalue weighted by Gasteiger charge is 2.51. The number of hydrogen-bond acceptors (Lipinski definition) is 3. The molecule has 1 aromatic rings. The highest BCUT2D eigenvalue weighted by Crippen LogP contribution is 2.48. The molecule has 1 heterocycles. The number of fused-ring (bicyclic) bond motifs is 2. The van der Waals surface area contributed by atoms with Gasteiger partial charge in [0.05, 0.1) is 18.0 Å². The first-order valence-corrected chi connectivity index (χ1v) is 7.15. The highest BCUT2D eigenvalue weighted by molar-refractivity contribution is 5.86. The van der Waals surface area contributed by atoms with E-state index in [4.69, 9.17) is 0 Å². The van der Waals surface area contributed by atoms with Crippen molar-refractivity contribution in [3.63, 3.8) is 0 Å². The van der Waals surface area contributed by atoms with Gasteiger partial charge in [0.1, 0.15) is 0 Å². The van der Waals surface area contributed by atoms with Crippen LogP contribution in [-0.4, -0.2) is 26.8 Å². The van der Waals surface area contributed by atoms with Crippen LogP contribution in [0.2, 0.25) is 0 Å². The number of amides is 1. The smallest absolute Gasteiger partial charge is 0.307 e. The van der Waals surface area contributed by atoms with Crippen LogP contribution < -0.4 is 5.32 Å². The third-order valence-corrected chi connectivity index (χ3v) is 4.84. The molecule has 1 fully saturated rings. The summed E-state index contributed by atoms with van der Waals surface area (Å²) in [5, 5.41) is 16.4. The van der Waals surface area contributed by atoms with Gasteiger partial charge in [0.15, 0.2) is 0 Å². The molecule has 4 unspecified atom stereocenters. The van der Waals surface area contributed by atoms with Crippen LogP contribution in [0.15, 0.2) is 18.3 Å². The van der Waals surface area contributed by atoms with Crippen molar-refractivity contribution >= 4 is 11.9 Å². The van der Waals surface area contributed by atoms with Gasteiger partial charge in [0.25, 0.3) is 0 Å². The lowest BCUT2D eigenvalue weighted by Crippen LogP contribution is -2.39. The number of aryl methyl sites for hydroxylation is 1. The first kappa shape index (κ1) is 13.9. The number of aromatic nitrogens is 2. The van der Waals surface area contributed by atoms with E-state index in [1.807, 2.05) is 26.1 Å². The Labute approximate surface area is 122 Å². The van der Waals surface area contributed by atoms with Gasteiger partial charge in [0.2, 0.25) is 5.91 Å². The number of nitrogens with zero attached hydrogens (tertiary/aromatic N) is 2. The summed E-state index contributed by atoms with van der Waals surface area (Å²) in [6.07, 6.45) is 6.44. The number of allylic oxidation sites excluding steroid dienone is 2. The molecule has 1 amide bonds. The van der Waals surface area contributed by atoms with Crippen molar-refractivity contribution in [1.29, 1.82) is 0 Å². The second kappa shape index (κ2) is 5.02. The van der Waals surface area contributed by atoms with Crippen LogP contribution in [0.5, 0.6) is 0 Å². The first-order valence-electron chi connectivity index (χ1n) is 7.15. The van der Waals surface area contributed by atoms with Gasteiger partial charge >= 0.3 is 5.97 Å². The Balaban J connectivity index is 1.69. The van der Waals surface area contributed by atoms with Gasteiger partial charge in [-0.15, -0.1) is 0 Å². The summed E-state index contributed by atoms with van der Waals surface area (Å²) in [5.41, 5.74) is 1.95. The van der Waals surface area contributed by atoms with E-state index >= 15 is 0 Å². The van der Waals surface area contributed by atoms with Crippen LogP contribution in [0.1, 0.15) is 17.7 Å². The van der Waals surface area contributed by atoms with E-state index in [9.17, 15) is 14.7 Å². The Bertz CT molecular complexity index is 620. The summed E-state index contributed by atoms with van der Waals surface area (Å²) >= 11 is 0. The normalized spacial score (nSPS) is 29.8. The van der Waals surface area contributed by atoms with E-state index in [-0.39, 0.29) is 17.7 Å². The topological polar surface area (TPSA) is 84.2 Å². The highest BCUT2D eigenvalue weighted by atomic mass is 16.4. The lowest BCUT2D eigenvalue weighted by atomic mass is 9.82. The first-order chi connectivity index (χ1) is 9.99. The van der Waals surface area contributed by atoms with Gasteiger partial charge in [-0.05, 0) is 25.2 Å². The number of nitrogens with one attached hydrogen (secondary N) is 1. The zero-order chi connectivity index (χ0) is 15.1. The lowest BCUT2D eigenvalue weighted by molar-refractivity contribution is -0.147. The third-order valence-electron chi connectivity index (χ3n) is 4.84. The predicted molar refractivity (Wildman–Crippen MR) is 75.1 cm³/mol. The van der Waals surface area contributed by atoms with Gasteiger partial charge in [-0.25, -0.2) is 0 Å². The number of carbonyl (C=O) groups is 2. The molecule has 21 heavy (non-hydrogen) atoms. The molecule has 112 valence electrons. The van der Waals surface area contributed by atoms with E-state index in [1.165, 1.54) is 0 Å². The zero-order valence-corrected chi connectivity index (χ0v) is 12.1.